The van der Waals surface area contributed by atoms with E-state index in [-0.39, 0.29) is 0 Å². The molecule has 4 nitrogen and oxygen atoms in total. The fraction of sp³-hybridized carbons (Fsp3) is 0.240. The van der Waals surface area contributed by atoms with E-state index in [0.717, 1.165) is 23.3 Å². The smallest absolute Gasteiger partial charge is 0.287 e. The number of aryl methyl sites for hydroxylation is 4. The van der Waals surface area contributed by atoms with E-state index >= 15 is 0 Å². The molecule has 5 heteroatoms. The summed E-state index contributed by atoms with van der Waals surface area (Å²) in [6, 6.07) is 10.8. The van der Waals surface area contributed by atoms with Crippen molar-refractivity contribution >= 4 is 32.6 Å². The second kappa shape index (κ2) is 5.99. The van der Waals surface area contributed by atoms with Crippen LogP contribution in [0.3, 0.4) is 0 Å². The molecule has 0 unspecified atom stereocenters. The van der Waals surface area contributed by atoms with Crippen LogP contribution in [0.25, 0.3) is 38.2 Å². The summed E-state index contributed by atoms with van der Waals surface area (Å²) in [6.07, 6.45) is 2.82. The van der Waals surface area contributed by atoms with Crippen molar-refractivity contribution in [2.45, 2.75) is 34.1 Å². The van der Waals surface area contributed by atoms with Crippen LogP contribution >= 0.6 is 11.3 Å². The maximum Gasteiger partial charge on any atom is 0.287 e. The molecule has 0 saturated heterocycles. The number of hydrogen-bond donors (Lipinski definition) is 0. The zero-order valence-electron chi connectivity index (χ0n) is 17.9. The van der Waals surface area contributed by atoms with Crippen LogP contribution in [0.1, 0.15) is 33.0 Å². The third-order valence-corrected chi connectivity index (χ3v) is 7.86. The van der Waals surface area contributed by atoms with Crippen LogP contribution in [-0.4, -0.2) is 14.5 Å². The first kappa shape index (κ1) is 17.8. The summed E-state index contributed by atoms with van der Waals surface area (Å²) in [6.45, 7) is 8.85. The number of thiophene rings is 1. The van der Waals surface area contributed by atoms with Gasteiger partial charge in [0.1, 0.15) is 10.5 Å². The van der Waals surface area contributed by atoms with E-state index < -0.39 is 0 Å². The quantitative estimate of drug-likeness (QED) is 0.346. The topological polar surface area (TPSA) is 34.6 Å². The zero-order valence-corrected chi connectivity index (χ0v) is 18.7. The number of aromatic nitrogens is 4. The van der Waals surface area contributed by atoms with Crippen molar-refractivity contribution in [3.8, 4) is 16.9 Å². The summed E-state index contributed by atoms with van der Waals surface area (Å²) in [5.74, 6) is 1.13. The molecule has 5 aromatic rings. The minimum absolute atomic E-state index is 0.855. The largest absolute Gasteiger partial charge is 0.296 e. The van der Waals surface area contributed by atoms with E-state index in [0.29, 0.717) is 0 Å². The van der Waals surface area contributed by atoms with E-state index in [1.165, 1.54) is 54.3 Å². The Labute approximate surface area is 179 Å². The van der Waals surface area contributed by atoms with Crippen LogP contribution in [0.4, 0.5) is 0 Å². The van der Waals surface area contributed by atoms with Crippen LogP contribution in [0.2, 0.25) is 0 Å². The van der Waals surface area contributed by atoms with Gasteiger partial charge in [0.2, 0.25) is 5.52 Å². The van der Waals surface area contributed by atoms with Crippen molar-refractivity contribution in [2.24, 2.45) is 7.05 Å². The van der Waals surface area contributed by atoms with Gasteiger partial charge in [0.15, 0.2) is 5.69 Å². The maximum atomic E-state index is 4.95. The molecule has 0 spiro atoms. The molecule has 148 valence electrons. The SMILES string of the molecule is Cc1cc2c(c(-c3c4sc(C)c(C)c4nc[n+]3C)c1C)Cc1nc3ccccc3n1-2. The Balaban J connectivity index is 1.74. The molecule has 0 saturated carbocycles. The van der Waals surface area contributed by atoms with Crippen molar-refractivity contribution < 1.29 is 4.57 Å². The molecule has 0 amide bonds. The lowest BCUT2D eigenvalue weighted by Gasteiger charge is -2.16. The van der Waals surface area contributed by atoms with Crippen LogP contribution in [0.15, 0.2) is 36.7 Å². The van der Waals surface area contributed by atoms with E-state index in [1.54, 1.807) is 0 Å². The first-order valence-corrected chi connectivity index (χ1v) is 11.1. The second-order valence-corrected chi connectivity index (χ2v) is 9.61. The Morgan fingerprint density at radius 1 is 1.07 bits per heavy atom. The molecule has 2 aromatic carbocycles. The molecule has 0 aliphatic carbocycles. The molecule has 30 heavy (non-hydrogen) atoms. The number of imidazole rings is 1. The van der Waals surface area contributed by atoms with Crippen LogP contribution < -0.4 is 4.57 Å². The van der Waals surface area contributed by atoms with Gasteiger partial charge in [0, 0.05) is 22.4 Å². The standard InChI is InChI=1S/C25H23N4S/c1-13-10-20-17(11-21-27-18-8-6-7-9-19(18)29(20)21)22(14(13)2)24-25-23(26-12-28(24)5)15(3)16(4)30-25/h6-10,12H,11H2,1-5H3/q+1. The van der Waals surface area contributed by atoms with E-state index in [2.05, 4.69) is 74.2 Å². The molecule has 6 rings (SSSR count). The molecule has 0 radical (unpaired) electrons. The Hall–Kier alpha value is -3.05. The highest BCUT2D eigenvalue weighted by Gasteiger charge is 2.31. The minimum atomic E-state index is 0.855. The Kier molecular flexibility index (Phi) is 3.55. The Morgan fingerprint density at radius 2 is 1.87 bits per heavy atom. The van der Waals surface area contributed by atoms with Gasteiger partial charge in [0.05, 0.1) is 23.8 Å². The first-order chi connectivity index (χ1) is 14.5. The molecule has 3 aromatic heterocycles. The van der Waals surface area contributed by atoms with E-state index in [9.17, 15) is 0 Å². The van der Waals surface area contributed by atoms with E-state index in [4.69, 9.17) is 9.97 Å². The molecule has 0 bridgehead atoms. The van der Waals surface area contributed by atoms with Gasteiger partial charge in [-0.05, 0) is 67.6 Å². The van der Waals surface area contributed by atoms with Crippen molar-refractivity contribution in [3.05, 3.63) is 69.6 Å². The number of benzene rings is 2. The zero-order chi connectivity index (χ0) is 20.7. The third kappa shape index (κ3) is 2.18. The highest BCUT2D eigenvalue weighted by atomic mass is 32.1. The number of nitrogens with zero attached hydrogens (tertiary/aromatic N) is 4. The van der Waals surface area contributed by atoms with Gasteiger partial charge in [-0.15, -0.1) is 11.3 Å². The lowest BCUT2D eigenvalue weighted by molar-refractivity contribution is -0.662. The van der Waals surface area contributed by atoms with Gasteiger partial charge in [-0.1, -0.05) is 12.1 Å². The fourth-order valence-electron chi connectivity index (χ4n) is 4.86. The van der Waals surface area contributed by atoms with Gasteiger partial charge in [-0.25, -0.2) is 9.55 Å². The number of rotatable bonds is 1. The Morgan fingerprint density at radius 3 is 2.70 bits per heavy atom. The van der Waals surface area contributed by atoms with Crippen molar-refractivity contribution in [2.75, 3.05) is 0 Å². The summed E-state index contributed by atoms with van der Waals surface area (Å²) in [7, 11) is 2.11. The minimum Gasteiger partial charge on any atom is -0.296 e. The number of para-hydroxylation sites is 2. The monoisotopic (exact) mass is 411 g/mol. The highest BCUT2D eigenvalue weighted by Crippen LogP contribution is 2.43. The molecule has 0 N–H and O–H groups in total. The summed E-state index contributed by atoms with van der Waals surface area (Å²) in [5, 5.41) is 0. The van der Waals surface area contributed by atoms with Crippen molar-refractivity contribution in [3.63, 3.8) is 0 Å². The maximum absolute atomic E-state index is 4.95. The van der Waals surface area contributed by atoms with E-state index in [1.807, 2.05) is 17.7 Å². The summed E-state index contributed by atoms with van der Waals surface area (Å²) >= 11 is 1.86. The fourth-order valence-corrected chi connectivity index (χ4v) is 6.06. The lowest BCUT2D eigenvalue weighted by Crippen LogP contribution is -2.32. The highest BCUT2D eigenvalue weighted by molar-refractivity contribution is 7.19. The predicted molar refractivity (Wildman–Crippen MR) is 123 cm³/mol. The molecule has 0 fully saturated rings. The van der Waals surface area contributed by atoms with Gasteiger partial charge in [-0.3, -0.25) is 4.57 Å². The average Bonchev–Trinajstić information content (AvgIpc) is 3.34. The number of fused-ring (bicyclic) bond motifs is 6. The molecule has 1 aliphatic rings. The van der Waals surface area contributed by atoms with Gasteiger partial charge in [-0.2, -0.15) is 0 Å². The average molecular weight is 412 g/mol. The van der Waals surface area contributed by atoms with Crippen LogP contribution in [-0.2, 0) is 13.5 Å². The second-order valence-electron chi connectivity index (χ2n) is 8.39. The summed E-state index contributed by atoms with van der Waals surface area (Å²) in [4.78, 5) is 11.0. The Bertz CT molecular complexity index is 1520. The summed E-state index contributed by atoms with van der Waals surface area (Å²) in [5.41, 5.74) is 12.6. The number of hydrogen-bond acceptors (Lipinski definition) is 3. The van der Waals surface area contributed by atoms with Crippen molar-refractivity contribution in [1.82, 2.24) is 14.5 Å². The molecule has 4 heterocycles. The van der Waals surface area contributed by atoms with Crippen LogP contribution in [0, 0.1) is 27.7 Å². The molecule has 1 aliphatic heterocycles. The lowest BCUT2D eigenvalue weighted by atomic mass is 9.92. The third-order valence-electron chi connectivity index (χ3n) is 6.65. The first-order valence-electron chi connectivity index (χ1n) is 10.3. The van der Waals surface area contributed by atoms with Gasteiger partial charge in [0.25, 0.3) is 6.33 Å². The van der Waals surface area contributed by atoms with Gasteiger partial charge >= 0.3 is 0 Å². The van der Waals surface area contributed by atoms with Crippen molar-refractivity contribution in [1.29, 1.82) is 0 Å². The van der Waals surface area contributed by atoms with Crippen LogP contribution in [0.5, 0.6) is 0 Å². The summed E-state index contributed by atoms with van der Waals surface area (Å²) < 4.78 is 5.82. The molecular weight excluding hydrogens is 388 g/mol. The normalized spacial score (nSPS) is 12.7. The van der Waals surface area contributed by atoms with Gasteiger partial charge < -0.3 is 0 Å². The molecular formula is C25H23N4S+. The molecule has 0 atom stereocenters. The predicted octanol–water partition coefficient (Wildman–Crippen LogP) is 5.26.